The maximum absolute atomic E-state index is 13.1. The molecule has 1 spiro atoms. The van der Waals surface area contributed by atoms with Crippen LogP contribution in [0, 0.1) is 0 Å². The largest absolute Gasteiger partial charge is 0.493 e. The standard InChI is InChI=1S/C20H22N2O3S/c23-26(24,16-5-6-19-15(13-16)7-12-25-19)22-10-8-20(9-11-22)14-21-18-4-2-1-3-17(18)20/h1-6,13,21H,7-12,14H2. The van der Waals surface area contributed by atoms with E-state index in [9.17, 15) is 8.42 Å². The van der Waals surface area contributed by atoms with E-state index >= 15 is 0 Å². The lowest BCUT2D eigenvalue weighted by atomic mass is 9.75. The van der Waals surface area contributed by atoms with E-state index in [2.05, 4.69) is 23.5 Å². The van der Waals surface area contributed by atoms with Crippen LogP contribution in [-0.4, -0.2) is 39.0 Å². The van der Waals surface area contributed by atoms with E-state index in [1.165, 1.54) is 11.3 Å². The third kappa shape index (κ3) is 2.36. The van der Waals surface area contributed by atoms with E-state index in [1.807, 2.05) is 6.07 Å². The van der Waals surface area contributed by atoms with Crippen molar-refractivity contribution in [3.63, 3.8) is 0 Å². The third-order valence-corrected chi connectivity index (χ3v) is 7.99. The van der Waals surface area contributed by atoms with Gasteiger partial charge in [0.25, 0.3) is 0 Å². The van der Waals surface area contributed by atoms with Crippen LogP contribution in [0.15, 0.2) is 47.4 Å². The molecule has 3 aliphatic heterocycles. The molecule has 6 heteroatoms. The summed E-state index contributed by atoms with van der Waals surface area (Å²) in [7, 11) is -3.45. The highest BCUT2D eigenvalue weighted by atomic mass is 32.2. The number of para-hydroxylation sites is 1. The van der Waals surface area contributed by atoms with Crippen LogP contribution >= 0.6 is 0 Å². The Balaban J connectivity index is 1.39. The van der Waals surface area contributed by atoms with Gasteiger partial charge in [-0.05, 0) is 48.2 Å². The molecule has 136 valence electrons. The van der Waals surface area contributed by atoms with Crippen molar-refractivity contribution >= 4 is 15.7 Å². The van der Waals surface area contributed by atoms with Gasteiger partial charge in [0, 0.05) is 37.2 Å². The van der Waals surface area contributed by atoms with Crippen LogP contribution in [0.4, 0.5) is 5.69 Å². The van der Waals surface area contributed by atoms with Crippen molar-refractivity contribution in [1.29, 1.82) is 0 Å². The molecule has 26 heavy (non-hydrogen) atoms. The summed E-state index contributed by atoms with van der Waals surface area (Å²) >= 11 is 0. The van der Waals surface area contributed by atoms with E-state index in [0.717, 1.165) is 37.1 Å². The van der Waals surface area contributed by atoms with Crippen LogP contribution in [0.3, 0.4) is 0 Å². The Labute approximate surface area is 154 Å². The molecule has 0 amide bonds. The van der Waals surface area contributed by atoms with Gasteiger partial charge in [0.2, 0.25) is 10.0 Å². The first-order valence-corrected chi connectivity index (χ1v) is 10.6. The number of nitrogens with zero attached hydrogens (tertiary/aromatic N) is 1. The highest BCUT2D eigenvalue weighted by Crippen LogP contribution is 2.44. The topological polar surface area (TPSA) is 58.6 Å². The lowest BCUT2D eigenvalue weighted by molar-refractivity contribution is 0.249. The number of rotatable bonds is 2. The van der Waals surface area contributed by atoms with E-state index in [0.29, 0.717) is 24.6 Å². The van der Waals surface area contributed by atoms with E-state index in [-0.39, 0.29) is 5.41 Å². The maximum Gasteiger partial charge on any atom is 0.243 e. The second-order valence-corrected chi connectivity index (χ2v) is 9.39. The zero-order valence-electron chi connectivity index (χ0n) is 14.6. The van der Waals surface area contributed by atoms with Crippen molar-refractivity contribution in [2.45, 2.75) is 29.6 Å². The molecule has 1 N–H and O–H groups in total. The lowest BCUT2D eigenvalue weighted by Crippen LogP contribution is -2.46. The average Bonchev–Trinajstić information content (AvgIpc) is 3.27. The molecule has 2 aromatic rings. The summed E-state index contributed by atoms with van der Waals surface area (Å²) in [5, 5.41) is 3.49. The van der Waals surface area contributed by atoms with Crippen LogP contribution in [0.2, 0.25) is 0 Å². The molecule has 0 radical (unpaired) electrons. The monoisotopic (exact) mass is 370 g/mol. The predicted octanol–water partition coefficient (Wildman–Crippen LogP) is 2.77. The van der Waals surface area contributed by atoms with Gasteiger partial charge in [-0.25, -0.2) is 8.42 Å². The Morgan fingerprint density at radius 2 is 1.88 bits per heavy atom. The van der Waals surface area contributed by atoms with Gasteiger partial charge in [0.05, 0.1) is 11.5 Å². The predicted molar refractivity (Wildman–Crippen MR) is 100 cm³/mol. The molecule has 5 rings (SSSR count). The molecule has 0 aromatic heterocycles. The molecule has 3 aliphatic rings. The number of anilines is 1. The molecular formula is C20H22N2O3S. The molecule has 0 saturated carbocycles. The van der Waals surface area contributed by atoms with Crippen LogP contribution < -0.4 is 10.1 Å². The van der Waals surface area contributed by atoms with Gasteiger partial charge in [-0.2, -0.15) is 4.31 Å². The van der Waals surface area contributed by atoms with Crippen LogP contribution in [0.25, 0.3) is 0 Å². The molecule has 0 aliphatic carbocycles. The summed E-state index contributed by atoms with van der Waals surface area (Å²) < 4.78 is 33.4. The first-order valence-electron chi connectivity index (χ1n) is 9.18. The number of piperidine rings is 1. The molecular weight excluding hydrogens is 348 g/mol. The Kier molecular flexibility index (Phi) is 3.56. The summed E-state index contributed by atoms with van der Waals surface area (Å²) in [6, 6.07) is 13.7. The summed E-state index contributed by atoms with van der Waals surface area (Å²) in [6.45, 7) is 2.66. The Hall–Kier alpha value is -2.05. The first-order chi connectivity index (χ1) is 12.6. The van der Waals surface area contributed by atoms with Crippen LogP contribution in [-0.2, 0) is 21.9 Å². The number of nitrogens with one attached hydrogen (secondary N) is 1. The smallest absolute Gasteiger partial charge is 0.243 e. The summed E-state index contributed by atoms with van der Waals surface area (Å²) in [5.41, 5.74) is 3.59. The van der Waals surface area contributed by atoms with Gasteiger partial charge in [0.15, 0.2) is 0 Å². The van der Waals surface area contributed by atoms with Gasteiger partial charge >= 0.3 is 0 Å². The molecule has 0 bridgehead atoms. The second kappa shape index (κ2) is 5.72. The Bertz CT molecular complexity index is 963. The molecule has 2 aromatic carbocycles. The SMILES string of the molecule is O=S(=O)(c1ccc2c(c1)CCO2)N1CCC2(CC1)CNc1ccccc12. The maximum atomic E-state index is 13.1. The second-order valence-electron chi connectivity index (χ2n) is 7.45. The molecule has 0 atom stereocenters. The van der Waals surface area contributed by atoms with Crippen molar-refractivity contribution in [2.24, 2.45) is 0 Å². The highest BCUT2D eigenvalue weighted by molar-refractivity contribution is 7.89. The number of fused-ring (bicyclic) bond motifs is 3. The van der Waals surface area contributed by atoms with E-state index in [4.69, 9.17) is 4.74 Å². The van der Waals surface area contributed by atoms with Gasteiger partial charge in [-0.15, -0.1) is 0 Å². The quantitative estimate of drug-likeness (QED) is 0.883. The Morgan fingerprint density at radius 1 is 1.08 bits per heavy atom. The summed E-state index contributed by atoms with van der Waals surface area (Å²) in [5.74, 6) is 0.815. The first kappa shape index (κ1) is 16.1. The fourth-order valence-corrected chi connectivity index (χ4v) is 6.03. The van der Waals surface area contributed by atoms with Gasteiger partial charge in [-0.1, -0.05) is 18.2 Å². The fraction of sp³-hybridized carbons (Fsp3) is 0.400. The zero-order chi connectivity index (χ0) is 17.8. The van der Waals surface area contributed by atoms with Crippen molar-refractivity contribution in [3.05, 3.63) is 53.6 Å². The minimum Gasteiger partial charge on any atom is -0.493 e. The molecule has 0 unspecified atom stereocenters. The van der Waals surface area contributed by atoms with Crippen LogP contribution in [0.5, 0.6) is 5.75 Å². The molecule has 1 fully saturated rings. The fourth-order valence-electron chi connectivity index (χ4n) is 4.53. The zero-order valence-corrected chi connectivity index (χ0v) is 15.4. The number of ether oxygens (including phenoxy) is 1. The molecule has 1 saturated heterocycles. The molecule has 3 heterocycles. The van der Waals surface area contributed by atoms with Gasteiger partial charge < -0.3 is 10.1 Å². The summed E-state index contributed by atoms with van der Waals surface area (Å²) in [4.78, 5) is 0.391. The number of sulfonamides is 1. The Morgan fingerprint density at radius 3 is 2.73 bits per heavy atom. The van der Waals surface area contributed by atoms with E-state index in [1.54, 1.807) is 22.5 Å². The minimum absolute atomic E-state index is 0.0639. The lowest BCUT2D eigenvalue weighted by Gasteiger charge is -2.38. The normalized spacial score (nSPS) is 21.1. The van der Waals surface area contributed by atoms with E-state index < -0.39 is 10.0 Å². The number of hydrogen-bond donors (Lipinski definition) is 1. The highest BCUT2D eigenvalue weighted by Gasteiger charge is 2.43. The van der Waals surface area contributed by atoms with Crippen molar-refractivity contribution in [3.8, 4) is 5.75 Å². The minimum atomic E-state index is -3.45. The van der Waals surface area contributed by atoms with Crippen LogP contribution in [0.1, 0.15) is 24.0 Å². The van der Waals surface area contributed by atoms with Crippen molar-refractivity contribution in [1.82, 2.24) is 4.31 Å². The number of hydrogen-bond acceptors (Lipinski definition) is 4. The average molecular weight is 370 g/mol. The summed E-state index contributed by atoms with van der Waals surface area (Å²) in [6.07, 6.45) is 2.48. The van der Waals surface area contributed by atoms with Gasteiger partial charge in [0.1, 0.15) is 5.75 Å². The van der Waals surface area contributed by atoms with Gasteiger partial charge in [-0.3, -0.25) is 0 Å². The number of benzene rings is 2. The third-order valence-electron chi connectivity index (χ3n) is 6.09. The van der Waals surface area contributed by atoms with Crippen molar-refractivity contribution < 1.29 is 13.2 Å². The molecule has 5 nitrogen and oxygen atoms in total. The van der Waals surface area contributed by atoms with Crippen molar-refractivity contribution in [2.75, 3.05) is 31.6 Å².